The molecule has 102 valence electrons. The van der Waals surface area contributed by atoms with Gasteiger partial charge in [-0.15, -0.1) is 0 Å². The van der Waals surface area contributed by atoms with Gasteiger partial charge in [0.25, 0.3) is 0 Å². The molecular formula is C14H7BrClF2NO. The molecule has 0 aliphatic heterocycles. The first-order chi connectivity index (χ1) is 9.51. The van der Waals surface area contributed by atoms with Crippen molar-refractivity contribution in [2.45, 2.75) is 6.61 Å². The van der Waals surface area contributed by atoms with Crippen molar-refractivity contribution in [3.63, 3.8) is 0 Å². The summed E-state index contributed by atoms with van der Waals surface area (Å²) in [6.07, 6.45) is 0. The van der Waals surface area contributed by atoms with E-state index in [0.717, 1.165) is 6.07 Å². The average molecular weight is 359 g/mol. The fraction of sp³-hybridized carbons (Fsp3) is 0.0714. The lowest BCUT2D eigenvalue weighted by molar-refractivity contribution is 0.302. The van der Waals surface area contributed by atoms with E-state index >= 15 is 0 Å². The van der Waals surface area contributed by atoms with Crippen LogP contribution < -0.4 is 4.74 Å². The number of benzene rings is 2. The van der Waals surface area contributed by atoms with Gasteiger partial charge in [-0.25, -0.2) is 8.78 Å². The minimum atomic E-state index is -0.596. The molecule has 0 N–H and O–H groups in total. The third-order valence-electron chi connectivity index (χ3n) is 2.52. The van der Waals surface area contributed by atoms with Crippen LogP contribution in [0.5, 0.6) is 5.75 Å². The van der Waals surface area contributed by atoms with Gasteiger partial charge in [-0.1, -0.05) is 17.7 Å². The first-order valence-electron chi connectivity index (χ1n) is 5.47. The van der Waals surface area contributed by atoms with Crippen molar-refractivity contribution in [3.8, 4) is 11.8 Å². The maximum atomic E-state index is 13.3. The predicted molar refractivity (Wildman–Crippen MR) is 74.6 cm³/mol. The smallest absolute Gasteiger partial charge is 0.145 e. The van der Waals surface area contributed by atoms with Crippen molar-refractivity contribution in [2.75, 3.05) is 0 Å². The summed E-state index contributed by atoms with van der Waals surface area (Å²) >= 11 is 8.83. The number of ether oxygens (including phenoxy) is 1. The molecule has 0 amide bonds. The van der Waals surface area contributed by atoms with Gasteiger partial charge in [0, 0.05) is 6.07 Å². The highest BCUT2D eigenvalue weighted by atomic mass is 79.9. The highest BCUT2D eigenvalue weighted by Crippen LogP contribution is 2.31. The van der Waals surface area contributed by atoms with Crippen molar-refractivity contribution in [2.24, 2.45) is 0 Å². The number of hydrogen-bond donors (Lipinski definition) is 0. The molecule has 0 unspecified atom stereocenters. The van der Waals surface area contributed by atoms with Crippen LogP contribution in [0.4, 0.5) is 8.78 Å². The molecule has 0 radical (unpaired) electrons. The maximum absolute atomic E-state index is 13.3. The van der Waals surface area contributed by atoms with Crippen molar-refractivity contribution < 1.29 is 13.5 Å². The molecule has 0 spiro atoms. The van der Waals surface area contributed by atoms with E-state index in [2.05, 4.69) is 15.9 Å². The zero-order chi connectivity index (χ0) is 14.7. The summed E-state index contributed by atoms with van der Waals surface area (Å²) in [5.41, 5.74) is 0.540. The Morgan fingerprint density at radius 3 is 2.65 bits per heavy atom. The van der Waals surface area contributed by atoms with Crippen LogP contribution in [0.3, 0.4) is 0 Å². The van der Waals surface area contributed by atoms with Gasteiger partial charge in [-0.05, 0) is 39.7 Å². The van der Waals surface area contributed by atoms with Crippen molar-refractivity contribution in [3.05, 3.63) is 62.6 Å². The molecule has 20 heavy (non-hydrogen) atoms. The fourth-order valence-electron chi connectivity index (χ4n) is 1.52. The molecule has 0 atom stereocenters. The van der Waals surface area contributed by atoms with Crippen molar-refractivity contribution in [1.29, 1.82) is 5.26 Å². The second kappa shape index (κ2) is 6.21. The van der Waals surface area contributed by atoms with Gasteiger partial charge in [0.2, 0.25) is 0 Å². The number of rotatable bonds is 3. The SMILES string of the molecule is N#Cc1cc(COc2cc(F)c(Cl)cc2Br)ccc1F. The molecule has 2 nitrogen and oxygen atoms in total. The Kier molecular flexibility index (Phi) is 4.58. The molecule has 0 fully saturated rings. The zero-order valence-electron chi connectivity index (χ0n) is 9.96. The van der Waals surface area contributed by atoms with Crippen LogP contribution in [-0.4, -0.2) is 0 Å². The topological polar surface area (TPSA) is 33.0 Å². The quantitative estimate of drug-likeness (QED) is 0.736. The first kappa shape index (κ1) is 14.8. The summed E-state index contributed by atoms with van der Waals surface area (Å²) in [7, 11) is 0. The van der Waals surface area contributed by atoms with E-state index in [4.69, 9.17) is 21.6 Å². The standard InChI is InChI=1S/C14H7BrClF2NO/c15-10-4-11(16)13(18)5-14(10)20-7-8-1-2-12(17)9(3-8)6-19/h1-5H,7H2. The molecule has 0 saturated carbocycles. The Bertz CT molecular complexity index is 700. The monoisotopic (exact) mass is 357 g/mol. The first-order valence-corrected chi connectivity index (χ1v) is 6.64. The third-order valence-corrected chi connectivity index (χ3v) is 3.43. The zero-order valence-corrected chi connectivity index (χ0v) is 12.3. The number of hydrogen-bond acceptors (Lipinski definition) is 2. The lowest BCUT2D eigenvalue weighted by Gasteiger charge is -2.09. The molecule has 0 bridgehead atoms. The number of nitriles is 1. The van der Waals surface area contributed by atoms with Gasteiger partial charge in [0.05, 0.1) is 15.1 Å². The summed E-state index contributed by atoms with van der Waals surface area (Å²) in [4.78, 5) is 0. The summed E-state index contributed by atoms with van der Waals surface area (Å²) < 4.78 is 32.4. The molecule has 0 aliphatic carbocycles. The molecule has 0 saturated heterocycles. The summed E-state index contributed by atoms with van der Waals surface area (Å²) in [6, 6.07) is 8.35. The van der Waals surface area contributed by atoms with Gasteiger partial charge in [0.15, 0.2) is 0 Å². The van der Waals surface area contributed by atoms with Gasteiger partial charge in [-0.3, -0.25) is 0 Å². The van der Waals surface area contributed by atoms with E-state index in [1.165, 1.54) is 24.3 Å². The Labute approximate surface area is 127 Å². The Morgan fingerprint density at radius 2 is 1.95 bits per heavy atom. The molecule has 2 aromatic carbocycles. The second-order valence-electron chi connectivity index (χ2n) is 3.91. The summed E-state index contributed by atoms with van der Waals surface area (Å²) in [5.74, 6) is -0.911. The van der Waals surface area contributed by atoms with Crippen LogP contribution in [0.1, 0.15) is 11.1 Å². The van der Waals surface area contributed by atoms with E-state index in [0.29, 0.717) is 10.0 Å². The molecular weight excluding hydrogens is 352 g/mol. The normalized spacial score (nSPS) is 10.2. The Balaban J connectivity index is 2.17. The van der Waals surface area contributed by atoms with Gasteiger partial charge in [0.1, 0.15) is 30.1 Å². The van der Waals surface area contributed by atoms with Crippen LogP contribution in [0, 0.1) is 23.0 Å². The highest BCUT2D eigenvalue weighted by molar-refractivity contribution is 9.10. The molecule has 2 aromatic rings. The van der Waals surface area contributed by atoms with Gasteiger partial charge in [-0.2, -0.15) is 5.26 Å². The lowest BCUT2D eigenvalue weighted by Crippen LogP contribution is -1.98. The lowest BCUT2D eigenvalue weighted by atomic mass is 10.1. The molecule has 2 rings (SSSR count). The number of halogens is 4. The van der Waals surface area contributed by atoms with E-state index in [9.17, 15) is 8.78 Å². The van der Waals surface area contributed by atoms with Crippen LogP contribution in [0.2, 0.25) is 5.02 Å². The fourth-order valence-corrected chi connectivity index (χ4v) is 2.28. The Morgan fingerprint density at radius 1 is 1.20 bits per heavy atom. The van der Waals surface area contributed by atoms with Crippen LogP contribution in [-0.2, 0) is 6.61 Å². The Hall–Kier alpha value is -1.64. The molecule has 6 heteroatoms. The van der Waals surface area contributed by atoms with Crippen LogP contribution >= 0.6 is 27.5 Å². The molecule has 0 aliphatic rings. The highest BCUT2D eigenvalue weighted by Gasteiger charge is 2.09. The van der Waals surface area contributed by atoms with E-state index < -0.39 is 11.6 Å². The second-order valence-corrected chi connectivity index (χ2v) is 5.17. The predicted octanol–water partition coefficient (Wildman–Crippen LogP) is 4.83. The van der Waals surface area contributed by atoms with E-state index in [1.807, 2.05) is 0 Å². The van der Waals surface area contributed by atoms with Crippen molar-refractivity contribution in [1.82, 2.24) is 0 Å². The minimum Gasteiger partial charge on any atom is -0.488 e. The largest absolute Gasteiger partial charge is 0.488 e. The van der Waals surface area contributed by atoms with Crippen LogP contribution in [0.15, 0.2) is 34.8 Å². The van der Waals surface area contributed by atoms with Crippen LogP contribution in [0.25, 0.3) is 0 Å². The van der Waals surface area contributed by atoms with Gasteiger partial charge < -0.3 is 4.74 Å². The summed E-state index contributed by atoms with van der Waals surface area (Å²) in [5, 5.41) is 8.72. The molecule has 0 aromatic heterocycles. The minimum absolute atomic E-state index is 0.0160. The van der Waals surface area contributed by atoms with Crippen molar-refractivity contribution >= 4 is 27.5 Å². The maximum Gasteiger partial charge on any atom is 0.145 e. The van der Waals surface area contributed by atoms with E-state index in [1.54, 1.807) is 6.07 Å². The summed E-state index contributed by atoms with van der Waals surface area (Å²) in [6.45, 7) is 0.0780. The van der Waals surface area contributed by atoms with Gasteiger partial charge >= 0.3 is 0 Å². The average Bonchev–Trinajstić information content (AvgIpc) is 2.43. The van der Waals surface area contributed by atoms with E-state index in [-0.39, 0.29) is 22.9 Å². The number of nitrogens with zero attached hydrogens (tertiary/aromatic N) is 1. The third kappa shape index (κ3) is 3.27. The molecule has 0 heterocycles.